The van der Waals surface area contributed by atoms with Crippen LogP contribution in [0.5, 0.6) is 0 Å². The molecule has 3 aromatic rings. The van der Waals surface area contributed by atoms with Gasteiger partial charge in [0.25, 0.3) is 5.91 Å². The number of benzene rings is 2. The molecule has 4 heteroatoms. The van der Waals surface area contributed by atoms with Gasteiger partial charge in [-0.25, -0.2) is 0 Å². The van der Waals surface area contributed by atoms with Crippen LogP contribution in [0, 0.1) is 6.92 Å². The highest BCUT2D eigenvalue weighted by atomic mass is 79.9. The molecule has 26 heavy (non-hydrogen) atoms. The second-order valence-corrected chi connectivity index (χ2v) is 7.41. The summed E-state index contributed by atoms with van der Waals surface area (Å²) in [7, 11) is 0. The van der Waals surface area contributed by atoms with Crippen molar-refractivity contribution >= 4 is 21.8 Å². The van der Waals surface area contributed by atoms with Crippen LogP contribution in [0.4, 0.5) is 0 Å². The Bertz CT molecular complexity index is 900. The molecular formula is C22H23BrN2O. The van der Waals surface area contributed by atoms with Crippen molar-refractivity contribution in [1.82, 2.24) is 4.57 Å². The van der Waals surface area contributed by atoms with Crippen LogP contribution in [0.25, 0.3) is 11.3 Å². The Labute approximate surface area is 163 Å². The van der Waals surface area contributed by atoms with Crippen molar-refractivity contribution in [3.05, 3.63) is 82.0 Å². The zero-order valence-corrected chi connectivity index (χ0v) is 16.5. The van der Waals surface area contributed by atoms with Crippen LogP contribution in [0.1, 0.15) is 34.5 Å². The van der Waals surface area contributed by atoms with E-state index in [4.69, 9.17) is 5.73 Å². The van der Waals surface area contributed by atoms with Gasteiger partial charge in [-0.3, -0.25) is 4.79 Å². The first-order chi connectivity index (χ1) is 12.6. The summed E-state index contributed by atoms with van der Waals surface area (Å²) in [5.74, 6) is -0.373. The van der Waals surface area contributed by atoms with Gasteiger partial charge in [-0.15, -0.1) is 0 Å². The average Bonchev–Trinajstić information content (AvgIpc) is 2.96. The summed E-state index contributed by atoms with van der Waals surface area (Å²) in [6.45, 7) is 2.84. The van der Waals surface area contributed by atoms with Crippen LogP contribution in [0.2, 0.25) is 0 Å². The van der Waals surface area contributed by atoms with Crippen molar-refractivity contribution in [1.29, 1.82) is 0 Å². The fraction of sp³-hybridized carbons (Fsp3) is 0.227. The predicted molar refractivity (Wildman–Crippen MR) is 110 cm³/mol. The number of carbonyl (C=O) groups excluding carboxylic acids is 1. The van der Waals surface area contributed by atoms with E-state index in [1.165, 1.54) is 5.56 Å². The highest BCUT2D eigenvalue weighted by Crippen LogP contribution is 2.28. The lowest BCUT2D eigenvalue weighted by Gasteiger charge is -2.12. The Morgan fingerprint density at radius 3 is 2.50 bits per heavy atom. The van der Waals surface area contributed by atoms with Crippen molar-refractivity contribution in [3.8, 4) is 11.3 Å². The van der Waals surface area contributed by atoms with Gasteiger partial charge in [0.1, 0.15) is 0 Å². The lowest BCUT2D eigenvalue weighted by molar-refractivity contribution is 0.0999. The topological polar surface area (TPSA) is 48.0 Å². The number of carbonyl (C=O) groups is 1. The molecule has 0 aliphatic rings. The zero-order valence-electron chi connectivity index (χ0n) is 14.9. The molecule has 0 saturated heterocycles. The Kier molecular flexibility index (Phi) is 5.94. The van der Waals surface area contributed by atoms with Crippen LogP contribution in [0.3, 0.4) is 0 Å². The Hall–Kier alpha value is -2.33. The van der Waals surface area contributed by atoms with Crippen molar-refractivity contribution in [3.63, 3.8) is 0 Å². The maximum absolute atomic E-state index is 11.8. The molecule has 2 N–H and O–H groups in total. The molecule has 3 rings (SSSR count). The largest absolute Gasteiger partial charge is 0.366 e. The van der Waals surface area contributed by atoms with E-state index < -0.39 is 0 Å². The molecule has 0 atom stereocenters. The van der Waals surface area contributed by atoms with E-state index in [0.29, 0.717) is 5.56 Å². The minimum atomic E-state index is -0.373. The van der Waals surface area contributed by atoms with Gasteiger partial charge in [-0.1, -0.05) is 58.4 Å². The smallest absolute Gasteiger partial charge is 0.250 e. The highest BCUT2D eigenvalue weighted by Gasteiger charge is 2.16. The molecule has 1 amide bonds. The fourth-order valence-corrected chi connectivity index (χ4v) is 3.71. The number of nitrogens with two attached hydrogens (primary N) is 1. The molecule has 2 aromatic carbocycles. The third-order valence-corrected chi connectivity index (χ3v) is 5.19. The van der Waals surface area contributed by atoms with E-state index >= 15 is 0 Å². The first-order valence-corrected chi connectivity index (χ1v) is 9.65. The number of nitrogens with zero attached hydrogens (tertiary/aromatic N) is 1. The highest BCUT2D eigenvalue weighted by molar-refractivity contribution is 9.10. The molecule has 1 aromatic heterocycles. The second kappa shape index (κ2) is 8.37. The molecule has 0 saturated carbocycles. The SMILES string of the molecule is Cc1c(C(N)=O)cc(-c2cccc(Br)c2)n1CCCCc1ccccc1. The average molecular weight is 411 g/mol. The standard InChI is InChI=1S/C22H23BrN2O/c1-16-20(22(24)26)15-21(18-11-7-12-19(23)14-18)25(16)13-6-5-10-17-8-3-2-4-9-17/h2-4,7-9,11-12,14-15H,5-6,10,13H2,1H3,(H2,24,26). The number of aryl methyl sites for hydroxylation is 1. The maximum Gasteiger partial charge on any atom is 0.250 e. The quantitative estimate of drug-likeness (QED) is 0.524. The molecule has 0 unspecified atom stereocenters. The normalized spacial score (nSPS) is 10.8. The van der Waals surface area contributed by atoms with Crippen molar-refractivity contribution < 1.29 is 4.79 Å². The Morgan fingerprint density at radius 1 is 1.04 bits per heavy atom. The van der Waals surface area contributed by atoms with Gasteiger partial charge in [0.2, 0.25) is 0 Å². The van der Waals surface area contributed by atoms with Crippen molar-refractivity contribution in [2.24, 2.45) is 5.73 Å². The summed E-state index contributed by atoms with van der Waals surface area (Å²) in [5, 5.41) is 0. The van der Waals surface area contributed by atoms with Crippen LogP contribution in [0.15, 0.2) is 65.1 Å². The van der Waals surface area contributed by atoms with Crippen molar-refractivity contribution in [2.75, 3.05) is 0 Å². The lowest BCUT2D eigenvalue weighted by atomic mass is 10.1. The van der Waals surface area contributed by atoms with E-state index in [2.05, 4.69) is 56.9 Å². The van der Waals surface area contributed by atoms with E-state index in [0.717, 1.165) is 47.2 Å². The van der Waals surface area contributed by atoms with Gasteiger partial charge in [-0.2, -0.15) is 0 Å². The second-order valence-electron chi connectivity index (χ2n) is 6.50. The summed E-state index contributed by atoms with van der Waals surface area (Å²) in [6, 6.07) is 20.6. The van der Waals surface area contributed by atoms with E-state index in [1.54, 1.807) is 0 Å². The van der Waals surface area contributed by atoms with Crippen LogP contribution >= 0.6 is 15.9 Å². The predicted octanol–water partition coefficient (Wildman–Crippen LogP) is 5.35. The fourth-order valence-electron chi connectivity index (χ4n) is 3.31. The van der Waals surface area contributed by atoms with E-state index in [-0.39, 0.29) is 5.91 Å². The summed E-state index contributed by atoms with van der Waals surface area (Å²) < 4.78 is 3.23. The first kappa shape index (κ1) is 18.5. The minimum Gasteiger partial charge on any atom is -0.366 e. The monoisotopic (exact) mass is 410 g/mol. The molecule has 1 heterocycles. The first-order valence-electron chi connectivity index (χ1n) is 8.86. The molecule has 0 aliphatic heterocycles. The summed E-state index contributed by atoms with van der Waals surface area (Å²) in [6.07, 6.45) is 3.21. The van der Waals surface area contributed by atoms with Crippen LogP contribution in [-0.2, 0) is 13.0 Å². The van der Waals surface area contributed by atoms with Crippen LogP contribution in [-0.4, -0.2) is 10.5 Å². The Balaban J connectivity index is 1.79. The number of halogens is 1. The number of aromatic nitrogens is 1. The summed E-state index contributed by atoms with van der Waals surface area (Å²) >= 11 is 3.53. The number of primary amides is 1. The molecule has 0 aliphatic carbocycles. The number of rotatable bonds is 7. The minimum absolute atomic E-state index is 0.373. The van der Waals surface area contributed by atoms with Gasteiger partial charge >= 0.3 is 0 Å². The molecule has 0 spiro atoms. The lowest BCUT2D eigenvalue weighted by Crippen LogP contribution is -2.12. The molecule has 3 nitrogen and oxygen atoms in total. The number of hydrogen-bond acceptors (Lipinski definition) is 1. The zero-order chi connectivity index (χ0) is 18.5. The van der Waals surface area contributed by atoms with Crippen molar-refractivity contribution in [2.45, 2.75) is 32.7 Å². The number of unbranched alkanes of at least 4 members (excludes halogenated alkanes) is 1. The maximum atomic E-state index is 11.8. The molecular weight excluding hydrogens is 388 g/mol. The molecule has 0 radical (unpaired) electrons. The molecule has 134 valence electrons. The van der Waals surface area contributed by atoms with Gasteiger partial charge in [0.15, 0.2) is 0 Å². The third kappa shape index (κ3) is 4.25. The third-order valence-electron chi connectivity index (χ3n) is 4.69. The molecule has 0 fully saturated rings. The van der Waals surface area contributed by atoms with Gasteiger partial charge in [0, 0.05) is 22.4 Å². The number of hydrogen-bond donors (Lipinski definition) is 1. The summed E-state index contributed by atoms with van der Waals surface area (Å²) in [4.78, 5) is 11.8. The molecule has 0 bridgehead atoms. The van der Waals surface area contributed by atoms with E-state index in [9.17, 15) is 4.79 Å². The Morgan fingerprint density at radius 2 is 1.81 bits per heavy atom. The van der Waals surface area contributed by atoms with Gasteiger partial charge in [0.05, 0.1) is 5.56 Å². The van der Waals surface area contributed by atoms with E-state index in [1.807, 2.05) is 31.2 Å². The summed E-state index contributed by atoms with van der Waals surface area (Å²) in [5.41, 5.74) is 10.6. The number of amides is 1. The van der Waals surface area contributed by atoms with Crippen LogP contribution < -0.4 is 5.73 Å². The van der Waals surface area contributed by atoms with Gasteiger partial charge < -0.3 is 10.3 Å². The van der Waals surface area contributed by atoms with Gasteiger partial charge in [-0.05, 0) is 55.5 Å².